The second-order valence-electron chi connectivity index (χ2n) is 4.33. The van der Waals surface area contributed by atoms with E-state index in [0.29, 0.717) is 12.3 Å². The highest BCUT2D eigenvalue weighted by Gasteiger charge is 2.44. The molecule has 14 heavy (non-hydrogen) atoms. The van der Waals surface area contributed by atoms with E-state index in [1.54, 1.807) is 0 Å². The smallest absolute Gasteiger partial charge is 0.306 e. The number of hydrogen-bond acceptors (Lipinski definition) is 3. The van der Waals surface area contributed by atoms with Crippen LogP contribution in [0, 0.1) is 11.8 Å². The standard InChI is InChI=1S/C11H16O3/c12-7-8-6-9(8)10-4-2-1-3-5-11(13)14-10/h7-10H,1-6H2/t8-,9+,10-/m1/s1. The molecule has 0 amide bonds. The quantitative estimate of drug-likeness (QED) is 0.498. The van der Waals surface area contributed by atoms with Crippen molar-refractivity contribution in [3.63, 3.8) is 0 Å². The molecule has 1 saturated carbocycles. The number of rotatable bonds is 2. The van der Waals surface area contributed by atoms with Gasteiger partial charge in [0.1, 0.15) is 12.4 Å². The number of carbonyl (C=O) groups excluding carboxylic acids is 2. The summed E-state index contributed by atoms with van der Waals surface area (Å²) in [4.78, 5) is 21.8. The first kappa shape index (κ1) is 9.69. The summed E-state index contributed by atoms with van der Waals surface area (Å²) in [5.41, 5.74) is 0. The molecule has 0 unspecified atom stereocenters. The van der Waals surface area contributed by atoms with Gasteiger partial charge in [-0.25, -0.2) is 0 Å². The highest BCUT2D eigenvalue weighted by Crippen LogP contribution is 2.42. The predicted molar refractivity (Wildman–Crippen MR) is 50.6 cm³/mol. The first-order valence-corrected chi connectivity index (χ1v) is 5.46. The summed E-state index contributed by atoms with van der Waals surface area (Å²) in [6, 6.07) is 0. The van der Waals surface area contributed by atoms with Crippen molar-refractivity contribution in [3.05, 3.63) is 0 Å². The molecule has 0 spiro atoms. The van der Waals surface area contributed by atoms with Gasteiger partial charge in [0.05, 0.1) is 0 Å². The molecule has 0 aromatic heterocycles. The monoisotopic (exact) mass is 196 g/mol. The van der Waals surface area contributed by atoms with E-state index in [9.17, 15) is 9.59 Å². The number of esters is 1. The van der Waals surface area contributed by atoms with Gasteiger partial charge in [0, 0.05) is 18.3 Å². The molecule has 2 fully saturated rings. The molecule has 3 nitrogen and oxygen atoms in total. The van der Waals surface area contributed by atoms with Gasteiger partial charge in [0.2, 0.25) is 0 Å². The van der Waals surface area contributed by atoms with Crippen LogP contribution in [-0.2, 0) is 14.3 Å². The van der Waals surface area contributed by atoms with Crippen molar-refractivity contribution < 1.29 is 14.3 Å². The summed E-state index contributed by atoms with van der Waals surface area (Å²) in [5.74, 6) is 0.410. The Labute approximate surface area is 83.8 Å². The Bertz CT molecular complexity index is 237. The Kier molecular flexibility index (Phi) is 2.85. The predicted octanol–water partition coefficient (Wildman–Crippen LogP) is 1.70. The highest BCUT2D eigenvalue weighted by molar-refractivity contribution is 5.69. The molecule has 78 valence electrons. The van der Waals surface area contributed by atoms with Crippen LogP contribution in [0.1, 0.15) is 38.5 Å². The lowest BCUT2D eigenvalue weighted by atomic mass is 10.0. The lowest BCUT2D eigenvalue weighted by molar-refractivity contribution is -0.152. The van der Waals surface area contributed by atoms with Gasteiger partial charge in [-0.1, -0.05) is 6.42 Å². The van der Waals surface area contributed by atoms with Crippen LogP contribution < -0.4 is 0 Å². The SMILES string of the molecule is O=C[C@H]1C[C@@H]1[C@H]1CCCCCC(=O)O1. The van der Waals surface area contributed by atoms with E-state index in [-0.39, 0.29) is 18.0 Å². The van der Waals surface area contributed by atoms with Crippen LogP contribution in [0.5, 0.6) is 0 Å². The maximum atomic E-state index is 11.3. The lowest BCUT2D eigenvalue weighted by Crippen LogP contribution is -2.23. The maximum absolute atomic E-state index is 11.3. The van der Waals surface area contributed by atoms with Gasteiger partial charge in [-0.05, 0) is 25.7 Å². The van der Waals surface area contributed by atoms with Crippen molar-refractivity contribution in [2.75, 3.05) is 0 Å². The van der Waals surface area contributed by atoms with Crippen molar-refractivity contribution in [3.8, 4) is 0 Å². The van der Waals surface area contributed by atoms with Crippen LogP contribution in [0.3, 0.4) is 0 Å². The number of hydrogen-bond donors (Lipinski definition) is 0. The van der Waals surface area contributed by atoms with Gasteiger partial charge in [-0.15, -0.1) is 0 Å². The molecule has 1 heterocycles. The molecule has 1 saturated heterocycles. The Morgan fingerprint density at radius 2 is 2.14 bits per heavy atom. The molecule has 2 rings (SSSR count). The molecule has 0 aromatic rings. The summed E-state index contributed by atoms with van der Waals surface area (Å²) < 4.78 is 5.35. The molecule has 3 atom stereocenters. The van der Waals surface area contributed by atoms with E-state index >= 15 is 0 Å². The van der Waals surface area contributed by atoms with Crippen LogP contribution in [0.2, 0.25) is 0 Å². The minimum absolute atomic E-state index is 0.0259. The van der Waals surface area contributed by atoms with E-state index < -0.39 is 0 Å². The Balaban J connectivity index is 1.89. The van der Waals surface area contributed by atoms with Crippen LogP contribution in [0.4, 0.5) is 0 Å². The van der Waals surface area contributed by atoms with Gasteiger partial charge in [0.25, 0.3) is 0 Å². The van der Waals surface area contributed by atoms with E-state index in [1.165, 1.54) is 0 Å². The average Bonchev–Trinajstić information content (AvgIpc) is 2.90. The number of ether oxygens (including phenoxy) is 1. The third-order valence-electron chi connectivity index (χ3n) is 3.20. The van der Waals surface area contributed by atoms with E-state index in [2.05, 4.69) is 0 Å². The van der Waals surface area contributed by atoms with E-state index in [4.69, 9.17) is 4.74 Å². The fourth-order valence-electron chi connectivity index (χ4n) is 2.20. The van der Waals surface area contributed by atoms with Crippen molar-refractivity contribution in [2.24, 2.45) is 11.8 Å². The zero-order valence-electron chi connectivity index (χ0n) is 8.28. The first-order valence-electron chi connectivity index (χ1n) is 5.46. The van der Waals surface area contributed by atoms with Gasteiger partial charge in [0.15, 0.2) is 0 Å². The molecule has 0 radical (unpaired) electrons. The molecular formula is C11H16O3. The minimum Gasteiger partial charge on any atom is -0.462 e. The Morgan fingerprint density at radius 1 is 1.29 bits per heavy atom. The summed E-state index contributed by atoms with van der Waals surface area (Å²) in [5, 5.41) is 0. The average molecular weight is 196 g/mol. The Morgan fingerprint density at radius 3 is 2.86 bits per heavy atom. The van der Waals surface area contributed by atoms with Crippen molar-refractivity contribution in [1.82, 2.24) is 0 Å². The normalized spacial score (nSPS) is 38.0. The molecule has 1 aliphatic carbocycles. The number of carbonyl (C=O) groups is 2. The fourth-order valence-corrected chi connectivity index (χ4v) is 2.20. The minimum atomic E-state index is -0.0775. The number of aldehydes is 1. The second kappa shape index (κ2) is 4.11. The summed E-state index contributed by atoms with van der Waals surface area (Å²) >= 11 is 0. The highest BCUT2D eigenvalue weighted by atomic mass is 16.5. The van der Waals surface area contributed by atoms with Crippen LogP contribution >= 0.6 is 0 Å². The Hall–Kier alpha value is -0.860. The van der Waals surface area contributed by atoms with E-state index in [1.807, 2.05) is 0 Å². The molecule has 0 N–H and O–H groups in total. The molecule has 1 aliphatic heterocycles. The molecule has 3 heteroatoms. The third-order valence-corrected chi connectivity index (χ3v) is 3.20. The zero-order valence-corrected chi connectivity index (χ0v) is 8.28. The summed E-state index contributed by atoms with van der Waals surface area (Å²) in [6.07, 6.45) is 6.63. The van der Waals surface area contributed by atoms with Gasteiger partial charge < -0.3 is 9.53 Å². The zero-order chi connectivity index (χ0) is 9.97. The first-order chi connectivity index (χ1) is 6.81. The van der Waals surface area contributed by atoms with Crippen LogP contribution in [0.25, 0.3) is 0 Å². The van der Waals surface area contributed by atoms with Crippen LogP contribution in [-0.4, -0.2) is 18.4 Å². The van der Waals surface area contributed by atoms with Crippen molar-refractivity contribution in [2.45, 2.75) is 44.6 Å². The summed E-state index contributed by atoms with van der Waals surface area (Å²) in [7, 11) is 0. The lowest BCUT2D eigenvalue weighted by Gasteiger charge is -2.20. The molecule has 0 bridgehead atoms. The van der Waals surface area contributed by atoms with Gasteiger partial charge in [-0.3, -0.25) is 4.79 Å². The van der Waals surface area contributed by atoms with Crippen LogP contribution in [0.15, 0.2) is 0 Å². The number of cyclic esters (lactones) is 1. The third kappa shape index (κ3) is 2.14. The summed E-state index contributed by atoms with van der Waals surface area (Å²) in [6.45, 7) is 0. The van der Waals surface area contributed by atoms with E-state index in [0.717, 1.165) is 38.4 Å². The second-order valence-corrected chi connectivity index (χ2v) is 4.33. The fraction of sp³-hybridized carbons (Fsp3) is 0.818. The van der Waals surface area contributed by atoms with Crippen molar-refractivity contribution >= 4 is 12.3 Å². The molecule has 0 aromatic carbocycles. The maximum Gasteiger partial charge on any atom is 0.306 e. The van der Waals surface area contributed by atoms with Gasteiger partial charge in [-0.2, -0.15) is 0 Å². The van der Waals surface area contributed by atoms with Gasteiger partial charge >= 0.3 is 5.97 Å². The molecule has 2 aliphatic rings. The largest absolute Gasteiger partial charge is 0.462 e. The van der Waals surface area contributed by atoms with Crippen molar-refractivity contribution in [1.29, 1.82) is 0 Å². The topological polar surface area (TPSA) is 43.4 Å². The molecular weight excluding hydrogens is 180 g/mol.